The van der Waals surface area contributed by atoms with Gasteiger partial charge in [0.2, 0.25) is 0 Å². The molecular weight excluding hydrogens is 310 g/mol. The number of thiophene rings is 1. The lowest BCUT2D eigenvalue weighted by molar-refractivity contribution is 0.499. The summed E-state index contributed by atoms with van der Waals surface area (Å²) in [6, 6.07) is 11.8. The largest absolute Gasteiger partial charge is 0.508 e. The van der Waals surface area contributed by atoms with E-state index in [0.29, 0.717) is 5.58 Å². The van der Waals surface area contributed by atoms with E-state index < -0.39 is 5.63 Å². The van der Waals surface area contributed by atoms with Gasteiger partial charge in [-0.25, -0.2) is 4.79 Å². The van der Waals surface area contributed by atoms with Crippen molar-refractivity contribution in [1.82, 2.24) is 0 Å². The summed E-state index contributed by atoms with van der Waals surface area (Å²) in [6.45, 7) is 6.22. The molecule has 0 saturated carbocycles. The number of nitrogens with zero attached hydrogens (tertiary/aromatic N) is 1. The number of hydrogen-bond acceptors (Lipinski definition) is 5. The highest BCUT2D eigenvalue weighted by molar-refractivity contribution is 7.22. The van der Waals surface area contributed by atoms with Gasteiger partial charge in [-0.2, -0.15) is 0 Å². The number of aryl methyl sites for hydroxylation is 1. The Bertz CT molecular complexity index is 939. The van der Waals surface area contributed by atoms with Crippen LogP contribution in [0.2, 0.25) is 0 Å². The first-order valence-corrected chi connectivity index (χ1v) is 7.98. The fraction of sp³-hybridized carbons (Fsp3) is 0.167. The molecule has 3 aromatic rings. The first kappa shape index (κ1) is 15.4. The molecule has 0 saturated heterocycles. The minimum atomic E-state index is -0.573. The molecular formula is C18H17NO3S. The van der Waals surface area contributed by atoms with Crippen LogP contribution in [0.15, 0.2) is 52.2 Å². The molecule has 23 heavy (non-hydrogen) atoms. The summed E-state index contributed by atoms with van der Waals surface area (Å²) in [5.41, 5.74) is 2.50. The van der Waals surface area contributed by atoms with E-state index in [2.05, 4.69) is 36.6 Å². The van der Waals surface area contributed by atoms with E-state index >= 15 is 0 Å². The van der Waals surface area contributed by atoms with Gasteiger partial charge in [0, 0.05) is 19.7 Å². The predicted molar refractivity (Wildman–Crippen MR) is 95.3 cm³/mol. The van der Waals surface area contributed by atoms with Crippen LogP contribution in [0.25, 0.3) is 16.0 Å². The number of benzene rings is 1. The zero-order valence-electron chi connectivity index (χ0n) is 13.0. The molecule has 0 spiro atoms. The number of aliphatic hydroxyl groups is 1. The van der Waals surface area contributed by atoms with Crippen LogP contribution in [0.1, 0.15) is 16.7 Å². The minimum Gasteiger partial charge on any atom is -0.508 e. The molecule has 0 aliphatic rings. The molecule has 0 fully saturated rings. The molecule has 2 heterocycles. The van der Waals surface area contributed by atoms with Crippen LogP contribution in [0, 0.1) is 6.92 Å². The van der Waals surface area contributed by atoms with Crippen LogP contribution in [0.3, 0.4) is 0 Å². The Kier molecular flexibility index (Phi) is 3.96. The Morgan fingerprint density at radius 3 is 2.83 bits per heavy atom. The summed E-state index contributed by atoms with van der Waals surface area (Å²) in [6.07, 6.45) is 0. The van der Waals surface area contributed by atoms with E-state index in [4.69, 9.17) is 4.42 Å². The van der Waals surface area contributed by atoms with Gasteiger partial charge in [0.15, 0.2) is 5.58 Å². The van der Waals surface area contributed by atoms with Crippen molar-refractivity contribution in [2.45, 2.75) is 13.5 Å². The number of fused-ring (bicyclic) bond motifs is 1. The zero-order valence-corrected chi connectivity index (χ0v) is 13.8. The summed E-state index contributed by atoms with van der Waals surface area (Å²) in [5, 5.41) is 10.4. The molecule has 0 amide bonds. The van der Waals surface area contributed by atoms with E-state index in [9.17, 15) is 9.90 Å². The number of hydrogen-bond donors (Lipinski definition) is 1. The van der Waals surface area contributed by atoms with Crippen molar-refractivity contribution in [1.29, 1.82) is 0 Å². The second-order valence-corrected chi connectivity index (χ2v) is 6.61. The first-order valence-electron chi connectivity index (χ1n) is 7.16. The Morgan fingerprint density at radius 2 is 2.13 bits per heavy atom. The van der Waals surface area contributed by atoms with Crippen molar-refractivity contribution in [3.8, 4) is 0 Å². The van der Waals surface area contributed by atoms with Gasteiger partial charge in [-0.15, -0.1) is 11.3 Å². The second-order valence-electron chi connectivity index (χ2n) is 5.55. The van der Waals surface area contributed by atoms with E-state index in [-0.39, 0.29) is 11.3 Å². The molecule has 0 aliphatic carbocycles. The molecule has 0 radical (unpaired) electrons. The summed E-state index contributed by atoms with van der Waals surface area (Å²) in [7, 11) is 2.00. The van der Waals surface area contributed by atoms with Crippen LogP contribution in [0.4, 0.5) is 5.00 Å². The second kappa shape index (κ2) is 5.93. The van der Waals surface area contributed by atoms with E-state index in [1.165, 1.54) is 22.5 Å². The molecule has 0 aliphatic heterocycles. The van der Waals surface area contributed by atoms with Crippen molar-refractivity contribution in [3.05, 3.63) is 70.1 Å². The van der Waals surface area contributed by atoms with Gasteiger partial charge >= 0.3 is 5.63 Å². The molecule has 0 bridgehead atoms. The van der Waals surface area contributed by atoms with Crippen LogP contribution < -0.4 is 10.5 Å². The van der Waals surface area contributed by atoms with Crippen molar-refractivity contribution < 1.29 is 9.52 Å². The van der Waals surface area contributed by atoms with Gasteiger partial charge < -0.3 is 14.4 Å². The topological polar surface area (TPSA) is 53.7 Å². The van der Waals surface area contributed by atoms with E-state index in [1.54, 1.807) is 6.07 Å². The molecule has 118 valence electrons. The third kappa shape index (κ3) is 3.14. The summed E-state index contributed by atoms with van der Waals surface area (Å²) < 4.78 is 6.07. The van der Waals surface area contributed by atoms with Crippen LogP contribution in [-0.2, 0) is 6.54 Å². The van der Waals surface area contributed by atoms with Crippen molar-refractivity contribution in [2.75, 3.05) is 11.9 Å². The van der Waals surface area contributed by atoms with Crippen LogP contribution >= 0.6 is 11.3 Å². The van der Waals surface area contributed by atoms with Gasteiger partial charge in [-0.05, 0) is 18.6 Å². The van der Waals surface area contributed by atoms with Gasteiger partial charge in [0.25, 0.3) is 0 Å². The fourth-order valence-corrected chi connectivity index (χ4v) is 3.44. The lowest BCUT2D eigenvalue weighted by Gasteiger charge is -2.17. The number of aliphatic hydroxyl groups excluding tert-OH is 1. The molecule has 0 unspecified atom stereocenters. The standard InChI is InChI=1S/C18H17NO3S/c1-11-5-4-6-13(7-11)10-19(3)17-9-15-16(23-17)8-14(12(2)20)18(21)22-15/h4-9,20H,2,10H2,1,3H3. The smallest absolute Gasteiger partial charge is 0.347 e. The maximum atomic E-state index is 11.8. The molecule has 4 nitrogen and oxygen atoms in total. The van der Waals surface area contributed by atoms with Gasteiger partial charge in [-0.1, -0.05) is 36.4 Å². The third-order valence-electron chi connectivity index (χ3n) is 3.60. The Morgan fingerprint density at radius 1 is 1.35 bits per heavy atom. The predicted octanol–water partition coefficient (Wildman–Crippen LogP) is 4.33. The normalized spacial score (nSPS) is 10.9. The van der Waals surface area contributed by atoms with Crippen LogP contribution in [0.5, 0.6) is 0 Å². The Balaban J connectivity index is 1.93. The van der Waals surface area contributed by atoms with Gasteiger partial charge in [-0.3, -0.25) is 0 Å². The SMILES string of the molecule is C=C(O)c1cc2sc(N(C)Cc3cccc(C)c3)cc2oc1=O. The van der Waals surface area contributed by atoms with Crippen molar-refractivity contribution in [2.24, 2.45) is 0 Å². The maximum Gasteiger partial charge on any atom is 0.347 e. The highest BCUT2D eigenvalue weighted by Gasteiger charge is 2.13. The molecule has 0 atom stereocenters. The Hall–Kier alpha value is -2.53. The maximum absolute atomic E-state index is 11.8. The third-order valence-corrected chi connectivity index (χ3v) is 4.78. The highest BCUT2D eigenvalue weighted by atomic mass is 32.1. The fourth-order valence-electron chi connectivity index (χ4n) is 2.45. The molecule has 3 rings (SSSR count). The average molecular weight is 327 g/mol. The lowest BCUT2D eigenvalue weighted by atomic mass is 10.1. The lowest BCUT2D eigenvalue weighted by Crippen LogP contribution is -2.14. The number of rotatable bonds is 4. The zero-order chi connectivity index (χ0) is 16.6. The van der Waals surface area contributed by atoms with Crippen molar-refractivity contribution in [3.63, 3.8) is 0 Å². The summed E-state index contributed by atoms with van der Waals surface area (Å²) in [5.74, 6) is -0.274. The van der Waals surface area contributed by atoms with Gasteiger partial charge in [0.05, 0.1) is 9.70 Å². The molecule has 1 aromatic carbocycles. The first-order chi connectivity index (χ1) is 10.9. The summed E-state index contributed by atoms with van der Waals surface area (Å²) in [4.78, 5) is 13.9. The molecule has 5 heteroatoms. The minimum absolute atomic E-state index is 0.104. The average Bonchev–Trinajstić information content (AvgIpc) is 2.89. The highest BCUT2D eigenvalue weighted by Crippen LogP contribution is 2.33. The Labute approximate surface area is 137 Å². The molecule has 1 N–H and O–H groups in total. The quantitative estimate of drug-likeness (QED) is 0.725. The van der Waals surface area contributed by atoms with Gasteiger partial charge in [0.1, 0.15) is 11.3 Å². The van der Waals surface area contributed by atoms with Crippen molar-refractivity contribution >= 4 is 32.4 Å². The van der Waals surface area contributed by atoms with Crippen LogP contribution in [-0.4, -0.2) is 12.2 Å². The monoisotopic (exact) mass is 327 g/mol. The van der Waals surface area contributed by atoms with E-state index in [1.807, 2.05) is 19.2 Å². The number of anilines is 1. The molecule has 2 aromatic heterocycles. The van der Waals surface area contributed by atoms with E-state index in [0.717, 1.165) is 16.2 Å². The summed E-state index contributed by atoms with van der Waals surface area (Å²) >= 11 is 1.51.